The van der Waals surface area contributed by atoms with E-state index in [-0.39, 0.29) is 5.69 Å². The van der Waals surface area contributed by atoms with Crippen LogP contribution in [-0.4, -0.2) is 9.97 Å². The van der Waals surface area contributed by atoms with Crippen LogP contribution in [0.3, 0.4) is 0 Å². The van der Waals surface area contributed by atoms with Crippen LogP contribution in [0.5, 0.6) is 0 Å². The van der Waals surface area contributed by atoms with Crippen LogP contribution in [-0.2, 0) is 18.5 Å². The van der Waals surface area contributed by atoms with E-state index in [1.54, 1.807) is 0 Å². The van der Waals surface area contributed by atoms with Crippen molar-refractivity contribution in [3.05, 3.63) is 23.3 Å². The predicted octanol–water partition coefficient (Wildman–Crippen LogP) is 2.67. The molecule has 0 atom stereocenters. The predicted molar refractivity (Wildman–Crippen MR) is 45.9 cm³/mol. The third-order valence-corrected chi connectivity index (χ3v) is 1.74. The van der Waals surface area contributed by atoms with E-state index in [1.807, 2.05) is 0 Å². The Morgan fingerprint density at radius 3 is 2.24 bits per heavy atom. The van der Waals surface area contributed by atoms with Crippen molar-refractivity contribution in [1.29, 1.82) is 5.26 Å². The highest BCUT2D eigenvalue weighted by atomic mass is 19.4. The summed E-state index contributed by atoms with van der Waals surface area (Å²) in [5, 5.41) is 8.33. The van der Waals surface area contributed by atoms with Crippen molar-refractivity contribution in [3.8, 4) is 6.07 Å². The molecule has 1 aromatic rings. The van der Waals surface area contributed by atoms with E-state index in [9.17, 15) is 22.0 Å². The normalized spacial score (nSPS) is 12.3. The summed E-state index contributed by atoms with van der Waals surface area (Å²) in [7, 11) is 0. The van der Waals surface area contributed by atoms with Crippen LogP contribution in [0.4, 0.5) is 22.0 Å². The summed E-state index contributed by atoms with van der Waals surface area (Å²) in [5.41, 5.74) is -1.43. The first-order valence-corrected chi connectivity index (χ1v) is 4.35. The smallest absolute Gasteiger partial charge is 0.228 e. The largest absolute Gasteiger partial charge is 0.451 e. The van der Waals surface area contributed by atoms with Crippen LogP contribution < -0.4 is 0 Å². The zero-order valence-electron chi connectivity index (χ0n) is 8.52. The van der Waals surface area contributed by atoms with Gasteiger partial charge in [-0.1, -0.05) is 0 Å². The second-order valence-electron chi connectivity index (χ2n) is 3.29. The number of nitriles is 1. The van der Waals surface area contributed by atoms with Crippen LogP contribution in [0.15, 0.2) is 6.07 Å². The molecule has 0 spiro atoms. The number of alkyl halides is 5. The zero-order chi connectivity index (χ0) is 13.3. The van der Waals surface area contributed by atoms with Crippen LogP contribution >= 0.6 is 0 Å². The lowest BCUT2D eigenvalue weighted by molar-refractivity contribution is -0.145. The van der Waals surface area contributed by atoms with Crippen molar-refractivity contribution >= 4 is 0 Å². The molecule has 0 radical (unpaired) electrons. The lowest BCUT2D eigenvalue weighted by Gasteiger charge is -2.13. The Bertz CT molecular complexity index is 423. The fourth-order valence-electron chi connectivity index (χ4n) is 1.02. The van der Waals surface area contributed by atoms with Gasteiger partial charge in [0.05, 0.1) is 18.2 Å². The first kappa shape index (κ1) is 13.3. The Hall–Kier alpha value is -1.78. The molecule has 0 unspecified atom stereocenters. The lowest BCUT2D eigenvalue weighted by Crippen LogP contribution is -2.19. The molecule has 92 valence electrons. The van der Waals surface area contributed by atoms with Crippen LogP contribution in [0.1, 0.15) is 24.1 Å². The molecule has 1 rings (SSSR count). The molecule has 1 aromatic heterocycles. The summed E-state index contributed by atoms with van der Waals surface area (Å²) < 4.78 is 62.8. The Labute approximate surface area is 92.9 Å². The lowest BCUT2D eigenvalue weighted by atomic mass is 10.2. The van der Waals surface area contributed by atoms with E-state index in [0.29, 0.717) is 13.0 Å². The number of aromatic nitrogens is 2. The molecule has 0 aliphatic carbocycles. The molecule has 1 heterocycles. The van der Waals surface area contributed by atoms with E-state index in [4.69, 9.17) is 5.26 Å². The number of rotatable bonds is 2. The highest BCUT2D eigenvalue weighted by molar-refractivity contribution is 5.18. The number of hydrogen-bond donors (Lipinski definition) is 0. The molecular formula is C9H6F5N3. The van der Waals surface area contributed by atoms with Gasteiger partial charge in [-0.25, -0.2) is 9.97 Å². The first-order valence-electron chi connectivity index (χ1n) is 4.35. The van der Waals surface area contributed by atoms with Gasteiger partial charge in [0.15, 0.2) is 0 Å². The van der Waals surface area contributed by atoms with Gasteiger partial charge < -0.3 is 0 Å². The second kappa shape index (κ2) is 4.24. The Morgan fingerprint density at radius 1 is 1.24 bits per heavy atom. The van der Waals surface area contributed by atoms with Crippen LogP contribution in [0.25, 0.3) is 0 Å². The molecular weight excluding hydrogens is 245 g/mol. The minimum Gasteiger partial charge on any atom is -0.228 e. The first-order chi connectivity index (χ1) is 7.64. The monoisotopic (exact) mass is 251 g/mol. The molecule has 0 saturated carbocycles. The van der Waals surface area contributed by atoms with Gasteiger partial charge in [-0.05, 0) is 6.07 Å². The van der Waals surface area contributed by atoms with Gasteiger partial charge in [-0.2, -0.15) is 27.2 Å². The molecule has 0 amide bonds. The molecule has 3 nitrogen and oxygen atoms in total. The minimum absolute atomic E-state index is 0.383. The molecule has 17 heavy (non-hydrogen) atoms. The van der Waals surface area contributed by atoms with E-state index in [2.05, 4.69) is 9.97 Å². The van der Waals surface area contributed by atoms with Gasteiger partial charge in [0, 0.05) is 6.92 Å². The number of halogens is 5. The molecule has 0 aliphatic rings. The van der Waals surface area contributed by atoms with Gasteiger partial charge in [0.1, 0.15) is 5.69 Å². The molecule has 0 aliphatic heterocycles. The van der Waals surface area contributed by atoms with E-state index in [1.165, 1.54) is 6.07 Å². The minimum atomic E-state index is -4.93. The van der Waals surface area contributed by atoms with Crippen molar-refractivity contribution < 1.29 is 22.0 Å². The molecule has 0 N–H and O–H groups in total. The van der Waals surface area contributed by atoms with Crippen molar-refractivity contribution in [2.75, 3.05) is 0 Å². The molecule has 0 bridgehead atoms. The fraction of sp³-hybridized carbons (Fsp3) is 0.444. The average Bonchev–Trinajstić information content (AvgIpc) is 2.15. The van der Waals surface area contributed by atoms with Gasteiger partial charge in [0.25, 0.3) is 5.92 Å². The average molecular weight is 251 g/mol. The Morgan fingerprint density at radius 2 is 1.82 bits per heavy atom. The molecule has 0 saturated heterocycles. The van der Waals surface area contributed by atoms with Crippen molar-refractivity contribution in [2.45, 2.75) is 25.4 Å². The van der Waals surface area contributed by atoms with Crippen LogP contribution in [0.2, 0.25) is 0 Å². The summed E-state index contributed by atoms with van der Waals surface area (Å²) in [5.74, 6) is -5.19. The maximum absolute atomic E-state index is 12.9. The van der Waals surface area contributed by atoms with Crippen molar-refractivity contribution in [1.82, 2.24) is 9.97 Å². The SMILES string of the molecule is CC(F)(F)c1cc(CC#N)nc(C(F)(F)F)n1. The maximum atomic E-state index is 12.9. The fourth-order valence-corrected chi connectivity index (χ4v) is 1.02. The second-order valence-corrected chi connectivity index (χ2v) is 3.29. The van der Waals surface area contributed by atoms with Crippen molar-refractivity contribution in [3.63, 3.8) is 0 Å². The highest BCUT2D eigenvalue weighted by Crippen LogP contribution is 2.30. The molecule has 8 heteroatoms. The molecule has 0 aromatic carbocycles. The van der Waals surface area contributed by atoms with Gasteiger partial charge in [-0.15, -0.1) is 0 Å². The maximum Gasteiger partial charge on any atom is 0.451 e. The topological polar surface area (TPSA) is 49.6 Å². The van der Waals surface area contributed by atoms with Crippen molar-refractivity contribution in [2.24, 2.45) is 0 Å². The summed E-state index contributed by atoms with van der Waals surface area (Å²) in [6.07, 6.45) is -5.42. The number of nitrogens with zero attached hydrogens (tertiary/aromatic N) is 3. The van der Waals surface area contributed by atoms with Gasteiger partial charge in [-0.3, -0.25) is 0 Å². The third kappa shape index (κ3) is 3.34. The summed E-state index contributed by atoms with van der Waals surface area (Å²) >= 11 is 0. The third-order valence-electron chi connectivity index (χ3n) is 1.74. The summed E-state index contributed by atoms with van der Waals surface area (Å²) in [6, 6.07) is 2.23. The quantitative estimate of drug-likeness (QED) is 0.759. The van der Waals surface area contributed by atoms with E-state index >= 15 is 0 Å². The van der Waals surface area contributed by atoms with Gasteiger partial charge >= 0.3 is 6.18 Å². The molecule has 0 fully saturated rings. The van der Waals surface area contributed by atoms with Crippen LogP contribution in [0, 0.1) is 11.3 Å². The van der Waals surface area contributed by atoms with E-state index in [0.717, 1.165) is 0 Å². The van der Waals surface area contributed by atoms with E-state index < -0.39 is 30.0 Å². The standard InChI is InChI=1S/C9H6F5N3/c1-8(10,11)6-4-5(2-3-15)16-7(17-6)9(12,13)14/h4H,2H2,1H3. The zero-order valence-corrected chi connectivity index (χ0v) is 8.52. The summed E-state index contributed by atoms with van der Waals surface area (Å²) in [6.45, 7) is 0.422. The highest BCUT2D eigenvalue weighted by Gasteiger charge is 2.38. The number of hydrogen-bond acceptors (Lipinski definition) is 3. The Kier molecular flexibility index (Phi) is 3.31. The van der Waals surface area contributed by atoms with Gasteiger partial charge in [0.2, 0.25) is 5.82 Å². The summed E-state index contributed by atoms with van der Waals surface area (Å²) in [4.78, 5) is 5.78. The Balaban J connectivity index is 3.35.